The molecule has 2 rings (SSSR count). The number of ether oxygens (including phenoxy) is 1. The average molecular weight is 281 g/mol. The summed E-state index contributed by atoms with van der Waals surface area (Å²) < 4.78 is 5.89. The van der Waals surface area contributed by atoms with Crippen LogP contribution in [-0.2, 0) is 11.2 Å². The first-order valence-corrected chi connectivity index (χ1v) is 8.56. The van der Waals surface area contributed by atoms with Gasteiger partial charge in [-0.05, 0) is 54.1 Å². The van der Waals surface area contributed by atoms with E-state index in [-0.39, 0.29) is 0 Å². The molecule has 2 unspecified atom stereocenters. The highest BCUT2D eigenvalue weighted by Gasteiger charge is 2.30. The van der Waals surface area contributed by atoms with Gasteiger partial charge in [0.1, 0.15) is 0 Å². The summed E-state index contributed by atoms with van der Waals surface area (Å²) in [5.41, 5.74) is 1.44. The molecule has 1 aromatic rings. The number of methoxy groups -OCH3 is 1. The molecule has 1 aliphatic rings. The Kier molecular flexibility index (Phi) is 6.35. The van der Waals surface area contributed by atoms with Gasteiger partial charge in [-0.1, -0.05) is 26.2 Å². The Bertz CT molecular complexity index is 333. The largest absolute Gasteiger partial charge is 0.380 e. The van der Waals surface area contributed by atoms with E-state index in [1.165, 1.54) is 37.7 Å². The van der Waals surface area contributed by atoms with Gasteiger partial charge in [-0.2, -0.15) is 11.3 Å². The first-order valence-electron chi connectivity index (χ1n) is 7.62. The minimum absolute atomic E-state index is 0.361. The molecular weight excluding hydrogens is 254 g/mol. The highest BCUT2D eigenvalue weighted by Crippen LogP contribution is 2.30. The zero-order valence-electron chi connectivity index (χ0n) is 12.2. The van der Waals surface area contributed by atoms with Gasteiger partial charge in [0.25, 0.3) is 0 Å². The molecular formula is C16H27NOS. The van der Waals surface area contributed by atoms with Crippen molar-refractivity contribution in [3.8, 4) is 0 Å². The second-order valence-corrected chi connectivity index (χ2v) is 6.38. The number of nitrogens with one attached hydrogen (secondary N) is 1. The van der Waals surface area contributed by atoms with Crippen molar-refractivity contribution in [1.29, 1.82) is 0 Å². The van der Waals surface area contributed by atoms with Crippen LogP contribution in [-0.4, -0.2) is 25.8 Å². The Morgan fingerprint density at radius 2 is 2.16 bits per heavy atom. The van der Waals surface area contributed by atoms with Crippen LogP contribution in [0.2, 0.25) is 0 Å². The van der Waals surface area contributed by atoms with Gasteiger partial charge in [-0.3, -0.25) is 0 Å². The number of thiophene rings is 1. The lowest BCUT2D eigenvalue weighted by Gasteiger charge is -2.35. The summed E-state index contributed by atoms with van der Waals surface area (Å²) in [5.74, 6) is 0.737. The van der Waals surface area contributed by atoms with Crippen LogP contribution in [0.25, 0.3) is 0 Å². The summed E-state index contributed by atoms with van der Waals surface area (Å²) in [5, 5.41) is 8.08. The standard InChI is InChI=1S/C16H27NOS/c1-3-17-15(11-13-9-10-19-12-13)16(18-2)14-7-5-4-6-8-14/h9-10,12,14-17H,3-8,11H2,1-2H3. The fraction of sp³-hybridized carbons (Fsp3) is 0.750. The highest BCUT2D eigenvalue weighted by atomic mass is 32.1. The molecule has 3 heteroatoms. The molecule has 0 amide bonds. The Labute approximate surface area is 121 Å². The van der Waals surface area contributed by atoms with Gasteiger partial charge in [0.05, 0.1) is 6.10 Å². The topological polar surface area (TPSA) is 21.3 Å². The summed E-state index contributed by atoms with van der Waals surface area (Å²) in [6.07, 6.45) is 8.29. The molecule has 2 atom stereocenters. The third-order valence-electron chi connectivity index (χ3n) is 4.29. The second kappa shape index (κ2) is 8.03. The van der Waals surface area contributed by atoms with Crippen molar-refractivity contribution in [3.05, 3.63) is 22.4 Å². The molecule has 0 aromatic carbocycles. The van der Waals surface area contributed by atoms with Crippen LogP contribution in [0.1, 0.15) is 44.6 Å². The first kappa shape index (κ1) is 15.0. The SMILES string of the molecule is CCNC(Cc1ccsc1)C(OC)C1CCCCC1. The van der Waals surface area contributed by atoms with E-state index in [1.807, 2.05) is 7.11 Å². The van der Waals surface area contributed by atoms with Crippen LogP contribution >= 0.6 is 11.3 Å². The van der Waals surface area contributed by atoms with Gasteiger partial charge in [-0.15, -0.1) is 0 Å². The van der Waals surface area contributed by atoms with Crippen molar-refractivity contribution in [2.24, 2.45) is 5.92 Å². The molecule has 2 nitrogen and oxygen atoms in total. The lowest BCUT2D eigenvalue weighted by Crippen LogP contribution is -2.46. The smallest absolute Gasteiger partial charge is 0.0755 e. The van der Waals surface area contributed by atoms with E-state index in [4.69, 9.17) is 4.74 Å². The van der Waals surface area contributed by atoms with Crippen LogP contribution in [0.5, 0.6) is 0 Å². The van der Waals surface area contributed by atoms with E-state index >= 15 is 0 Å². The molecule has 0 spiro atoms. The molecule has 0 aliphatic heterocycles. The Balaban J connectivity index is 2.01. The molecule has 0 radical (unpaired) electrons. The van der Waals surface area contributed by atoms with E-state index in [2.05, 4.69) is 29.1 Å². The van der Waals surface area contributed by atoms with Crippen molar-refractivity contribution >= 4 is 11.3 Å². The molecule has 0 saturated heterocycles. The van der Waals surface area contributed by atoms with Crippen molar-refractivity contribution in [2.75, 3.05) is 13.7 Å². The number of likely N-dealkylation sites (N-methyl/N-ethyl adjacent to an activating group) is 1. The maximum Gasteiger partial charge on any atom is 0.0755 e. The zero-order valence-corrected chi connectivity index (χ0v) is 13.0. The van der Waals surface area contributed by atoms with Crippen LogP contribution < -0.4 is 5.32 Å². The van der Waals surface area contributed by atoms with Gasteiger partial charge in [0.15, 0.2) is 0 Å². The van der Waals surface area contributed by atoms with Gasteiger partial charge in [0.2, 0.25) is 0 Å². The number of hydrogen-bond acceptors (Lipinski definition) is 3. The predicted molar refractivity (Wildman–Crippen MR) is 82.9 cm³/mol. The molecule has 19 heavy (non-hydrogen) atoms. The van der Waals surface area contributed by atoms with Crippen LogP contribution in [0, 0.1) is 5.92 Å². The van der Waals surface area contributed by atoms with E-state index in [0.717, 1.165) is 18.9 Å². The summed E-state index contributed by atoms with van der Waals surface area (Å²) >= 11 is 1.79. The van der Waals surface area contributed by atoms with E-state index < -0.39 is 0 Å². The van der Waals surface area contributed by atoms with Crippen LogP contribution in [0.4, 0.5) is 0 Å². The van der Waals surface area contributed by atoms with Crippen LogP contribution in [0.3, 0.4) is 0 Å². The normalized spacial score (nSPS) is 20.3. The molecule has 1 aromatic heterocycles. The minimum Gasteiger partial charge on any atom is -0.380 e. The molecule has 0 bridgehead atoms. The van der Waals surface area contributed by atoms with E-state index in [9.17, 15) is 0 Å². The van der Waals surface area contributed by atoms with Gasteiger partial charge < -0.3 is 10.1 Å². The second-order valence-electron chi connectivity index (χ2n) is 5.60. The molecule has 1 aliphatic carbocycles. The number of rotatable bonds is 7. The van der Waals surface area contributed by atoms with E-state index in [0.29, 0.717) is 12.1 Å². The van der Waals surface area contributed by atoms with Crippen molar-refractivity contribution in [2.45, 2.75) is 57.6 Å². The fourth-order valence-electron chi connectivity index (χ4n) is 3.38. The van der Waals surface area contributed by atoms with Gasteiger partial charge in [0, 0.05) is 13.2 Å². The van der Waals surface area contributed by atoms with Crippen LogP contribution in [0.15, 0.2) is 16.8 Å². The summed E-state index contributed by atoms with van der Waals surface area (Å²) in [6, 6.07) is 2.69. The molecule has 1 heterocycles. The quantitative estimate of drug-likeness (QED) is 0.819. The summed E-state index contributed by atoms with van der Waals surface area (Å²) in [6.45, 7) is 3.20. The third kappa shape index (κ3) is 4.30. The monoisotopic (exact) mass is 281 g/mol. The minimum atomic E-state index is 0.361. The maximum atomic E-state index is 5.89. The fourth-order valence-corrected chi connectivity index (χ4v) is 4.06. The third-order valence-corrected chi connectivity index (χ3v) is 5.02. The van der Waals surface area contributed by atoms with Crippen molar-refractivity contribution < 1.29 is 4.74 Å². The Morgan fingerprint density at radius 3 is 2.74 bits per heavy atom. The zero-order chi connectivity index (χ0) is 13.5. The summed E-state index contributed by atoms with van der Waals surface area (Å²) in [7, 11) is 1.89. The lowest BCUT2D eigenvalue weighted by molar-refractivity contribution is 0.00871. The van der Waals surface area contributed by atoms with E-state index in [1.54, 1.807) is 11.3 Å². The lowest BCUT2D eigenvalue weighted by atomic mass is 9.81. The van der Waals surface area contributed by atoms with Crippen molar-refractivity contribution in [1.82, 2.24) is 5.32 Å². The average Bonchev–Trinajstić information content (AvgIpc) is 2.94. The highest BCUT2D eigenvalue weighted by molar-refractivity contribution is 7.07. The maximum absolute atomic E-state index is 5.89. The predicted octanol–water partition coefficient (Wildman–Crippen LogP) is 3.86. The summed E-state index contributed by atoms with van der Waals surface area (Å²) in [4.78, 5) is 0. The molecule has 1 saturated carbocycles. The Hall–Kier alpha value is -0.380. The van der Waals surface area contributed by atoms with Gasteiger partial charge in [-0.25, -0.2) is 0 Å². The van der Waals surface area contributed by atoms with Gasteiger partial charge >= 0.3 is 0 Å². The molecule has 108 valence electrons. The number of hydrogen-bond donors (Lipinski definition) is 1. The van der Waals surface area contributed by atoms with Crippen molar-refractivity contribution in [3.63, 3.8) is 0 Å². The first-order chi connectivity index (χ1) is 9.35. The molecule has 1 N–H and O–H groups in total. The molecule has 1 fully saturated rings. The Morgan fingerprint density at radius 1 is 1.37 bits per heavy atom.